The minimum Gasteiger partial charge on any atom is -0.444 e. The molecular weight excluding hydrogens is 446 g/mol. The third kappa shape index (κ3) is 4.74. The SMILES string of the molecule is CCN(CC)c1ccc(NC(=O)c2ccccc2N(C)C(=O)c2ccc(Br)o2)cc1. The number of halogens is 1. The Morgan fingerprint density at radius 1 is 0.967 bits per heavy atom. The highest BCUT2D eigenvalue weighted by atomic mass is 79.9. The number of benzene rings is 2. The molecule has 0 saturated carbocycles. The van der Waals surface area contributed by atoms with Crippen LogP contribution in [0.4, 0.5) is 17.1 Å². The molecule has 1 aromatic heterocycles. The average molecular weight is 470 g/mol. The van der Waals surface area contributed by atoms with Crippen molar-refractivity contribution < 1.29 is 14.0 Å². The molecule has 0 saturated heterocycles. The van der Waals surface area contributed by atoms with Crippen LogP contribution in [0.2, 0.25) is 0 Å². The Hall–Kier alpha value is -3.06. The monoisotopic (exact) mass is 469 g/mol. The van der Waals surface area contributed by atoms with Gasteiger partial charge in [0.15, 0.2) is 10.4 Å². The second-order valence-corrected chi connectivity index (χ2v) is 7.44. The topological polar surface area (TPSA) is 65.8 Å². The van der Waals surface area contributed by atoms with Crippen LogP contribution in [0.25, 0.3) is 0 Å². The van der Waals surface area contributed by atoms with Gasteiger partial charge in [-0.2, -0.15) is 0 Å². The van der Waals surface area contributed by atoms with Crippen molar-refractivity contribution in [2.24, 2.45) is 0 Å². The summed E-state index contributed by atoms with van der Waals surface area (Å²) in [5.41, 5.74) is 2.68. The molecule has 0 spiro atoms. The van der Waals surface area contributed by atoms with Crippen LogP contribution in [0, 0.1) is 0 Å². The molecule has 0 radical (unpaired) electrons. The fourth-order valence-electron chi connectivity index (χ4n) is 3.20. The first-order chi connectivity index (χ1) is 14.4. The van der Waals surface area contributed by atoms with Crippen LogP contribution in [0.5, 0.6) is 0 Å². The van der Waals surface area contributed by atoms with Crippen LogP contribution in [-0.4, -0.2) is 32.0 Å². The molecule has 0 fully saturated rings. The zero-order valence-corrected chi connectivity index (χ0v) is 18.8. The van der Waals surface area contributed by atoms with Crippen molar-refractivity contribution >= 4 is 44.8 Å². The van der Waals surface area contributed by atoms with Crippen LogP contribution in [0.3, 0.4) is 0 Å². The Labute approximate surface area is 184 Å². The molecule has 2 amide bonds. The molecule has 1 heterocycles. The molecule has 3 aromatic rings. The van der Waals surface area contributed by atoms with Crippen molar-refractivity contribution in [3.05, 3.63) is 76.7 Å². The minimum atomic E-state index is -0.343. The summed E-state index contributed by atoms with van der Waals surface area (Å²) in [6.45, 7) is 6.05. The number of anilines is 3. The number of furan rings is 1. The summed E-state index contributed by atoms with van der Waals surface area (Å²) >= 11 is 3.20. The number of carbonyl (C=O) groups is 2. The second-order valence-electron chi connectivity index (χ2n) is 6.66. The highest BCUT2D eigenvalue weighted by molar-refractivity contribution is 9.10. The van der Waals surface area contributed by atoms with Crippen LogP contribution in [0.1, 0.15) is 34.8 Å². The van der Waals surface area contributed by atoms with Crippen molar-refractivity contribution in [2.75, 3.05) is 35.3 Å². The van der Waals surface area contributed by atoms with E-state index in [1.54, 1.807) is 43.4 Å². The molecule has 156 valence electrons. The smallest absolute Gasteiger partial charge is 0.293 e. The van der Waals surface area contributed by atoms with E-state index in [1.165, 1.54) is 4.90 Å². The molecule has 0 aliphatic carbocycles. The van der Waals surface area contributed by atoms with E-state index in [0.717, 1.165) is 18.8 Å². The van der Waals surface area contributed by atoms with E-state index in [-0.39, 0.29) is 17.6 Å². The normalized spacial score (nSPS) is 10.5. The number of hydrogen-bond donors (Lipinski definition) is 1. The van der Waals surface area contributed by atoms with Crippen LogP contribution in [0.15, 0.2) is 69.8 Å². The van der Waals surface area contributed by atoms with Crippen molar-refractivity contribution in [3.8, 4) is 0 Å². The fraction of sp³-hybridized carbons (Fsp3) is 0.217. The van der Waals surface area contributed by atoms with E-state index in [2.05, 4.69) is 40.0 Å². The highest BCUT2D eigenvalue weighted by Gasteiger charge is 2.22. The summed E-state index contributed by atoms with van der Waals surface area (Å²) in [4.78, 5) is 29.3. The first kappa shape index (κ1) is 21.6. The van der Waals surface area contributed by atoms with Crippen molar-refractivity contribution in [3.63, 3.8) is 0 Å². The first-order valence-corrected chi connectivity index (χ1v) is 10.5. The van der Waals surface area contributed by atoms with Gasteiger partial charge in [0.05, 0.1) is 11.3 Å². The number of amides is 2. The Bertz CT molecular complexity index is 1030. The summed E-state index contributed by atoms with van der Waals surface area (Å²) < 4.78 is 5.82. The van der Waals surface area contributed by atoms with Gasteiger partial charge < -0.3 is 19.5 Å². The number of carbonyl (C=O) groups excluding carboxylic acids is 2. The Kier molecular flexibility index (Phi) is 6.95. The van der Waals surface area contributed by atoms with Gasteiger partial charge in [-0.3, -0.25) is 9.59 Å². The second kappa shape index (κ2) is 9.63. The molecular formula is C23H24BrN3O3. The summed E-state index contributed by atoms with van der Waals surface area (Å²) in [6, 6.07) is 17.9. The predicted octanol–water partition coefficient (Wildman–Crippen LogP) is 5.42. The third-order valence-corrected chi connectivity index (χ3v) is 5.28. The van der Waals surface area contributed by atoms with E-state index in [4.69, 9.17) is 4.42 Å². The van der Waals surface area contributed by atoms with E-state index in [0.29, 0.717) is 21.6 Å². The maximum Gasteiger partial charge on any atom is 0.293 e. The molecule has 0 aliphatic rings. The lowest BCUT2D eigenvalue weighted by molar-refractivity contribution is 0.0965. The molecule has 3 rings (SSSR count). The Morgan fingerprint density at radius 3 is 2.23 bits per heavy atom. The minimum absolute atomic E-state index is 0.187. The number of hydrogen-bond acceptors (Lipinski definition) is 4. The molecule has 0 bridgehead atoms. The van der Waals surface area contributed by atoms with Gasteiger partial charge in [-0.1, -0.05) is 12.1 Å². The quantitative estimate of drug-likeness (QED) is 0.501. The van der Waals surface area contributed by atoms with Crippen molar-refractivity contribution in [1.82, 2.24) is 0 Å². The lowest BCUT2D eigenvalue weighted by Crippen LogP contribution is -2.28. The largest absolute Gasteiger partial charge is 0.444 e. The Morgan fingerprint density at radius 2 is 1.63 bits per heavy atom. The number of para-hydroxylation sites is 1. The summed E-state index contributed by atoms with van der Waals surface area (Å²) in [5.74, 6) is -0.447. The standard InChI is InChI=1S/C23H24BrN3O3/c1-4-27(5-2)17-12-10-16(11-13-17)25-22(28)18-8-6-7-9-19(18)26(3)23(29)20-14-15-21(24)30-20/h6-15H,4-5H2,1-3H3,(H,25,28). The van der Waals surface area contributed by atoms with Gasteiger partial charge in [0.2, 0.25) is 0 Å². The predicted molar refractivity (Wildman–Crippen MR) is 124 cm³/mol. The van der Waals surface area contributed by atoms with Gasteiger partial charge >= 0.3 is 0 Å². The molecule has 0 aliphatic heterocycles. The number of rotatable bonds is 7. The summed E-state index contributed by atoms with van der Waals surface area (Å²) in [7, 11) is 1.61. The molecule has 7 heteroatoms. The molecule has 0 unspecified atom stereocenters. The fourth-order valence-corrected chi connectivity index (χ4v) is 3.51. The molecule has 1 N–H and O–H groups in total. The summed E-state index contributed by atoms with van der Waals surface area (Å²) in [6.07, 6.45) is 0. The van der Waals surface area contributed by atoms with E-state index >= 15 is 0 Å². The first-order valence-electron chi connectivity index (χ1n) is 9.73. The van der Waals surface area contributed by atoms with Crippen molar-refractivity contribution in [2.45, 2.75) is 13.8 Å². The average Bonchev–Trinajstić information content (AvgIpc) is 3.21. The van der Waals surface area contributed by atoms with Gasteiger partial charge in [0.1, 0.15) is 0 Å². The highest BCUT2D eigenvalue weighted by Crippen LogP contribution is 2.25. The van der Waals surface area contributed by atoms with Gasteiger partial charge in [-0.05, 0) is 78.3 Å². The lowest BCUT2D eigenvalue weighted by Gasteiger charge is -2.21. The van der Waals surface area contributed by atoms with Crippen LogP contribution in [-0.2, 0) is 0 Å². The van der Waals surface area contributed by atoms with Gasteiger partial charge in [-0.15, -0.1) is 0 Å². The molecule has 0 atom stereocenters. The van der Waals surface area contributed by atoms with E-state index in [9.17, 15) is 9.59 Å². The van der Waals surface area contributed by atoms with Gasteiger partial charge in [-0.25, -0.2) is 0 Å². The van der Waals surface area contributed by atoms with Crippen LogP contribution >= 0.6 is 15.9 Å². The molecule has 30 heavy (non-hydrogen) atoms. The van der Waals surface area contributed by atoms with Gasteiger partial charge in [0.25, 0.3) is 11.8 Å². The number of nitrogens with one attached hydrogen (secondary N) is 1. The Balaban J connectivity index is 1.79. The van der Waals surface area contributed by atoms with E-state index in [1.807, 2.05) is 24.3 Å². The number of nitrogens with zero attached hydrogens (tertiary/aromatic N) is 2. The zero-order chi connectivity index (χ0) is 21.7. The van der Waals surface area contributed by atoms with Gasteiger partial charge in [0, 0.05) is 31.5 Å². The maximum atomic E-state index is 12.9. The summed E-state index contributed by atoms with van der Waals surface area (Å²) in [5, 5.41) is 2.91. The molecule has 6 nitrogen and oxygen atoms in total. The van der Waals surface area contributed by atoms with E-state index < -0.39 is 0 Å². The lowest BCUT2D eigenvalue weighted by atomic mass is 10.1. The maximum absolute atomic E-state index is 12.9. The van der Waals surface area contributed by atoms with Crippen molar-refractivity contribution in [1.29, 1.82) is 0 Å². The zero-order valence-electron chi connectivity index (χ0n) is 17.2. The van der Waals surface area contributed by atoms with Crippen LogP contribution < -0.4 is 15.1 Å². The molecule has 2 aromatic carbocycles. The third-order valence-electron chi connectivity index (χ3n) is 4.85.